The first-order valence-electron chi connectivity index (χ1n) is 3.96. The molecule has 0 aliphatic rings. The average molecular weight is 180 g/mol. The maximum absolute atomic E-state index is 10.6. The lowest BCUT2D eigenvalue weighted by Gasteiger charge is -2.19. The zero-order chi connectivity index (χ0) is 10.1. The van der Waals surface area contributed by atoms with Gasteiger partial charge in [-0.25, -0.2) is 0 Å². The van der Waals surface area contributed by atoms with Gasteiger partial charge in [0, 0.05) is 5.56 Å². The second-order valence-electron chi connectivity index (χ2n) is 3.45. The van der Waals surface area contributed by atoms with Gasteiger partial charge in [-0.1, -0.05) is 0 Å². The number of phenolic OH excluding ortho intramolecular Hbond substituents is 1. The van der Waals surface area contributed by atoms with Gasteiger partial charge in [0.25, 0.3) is 0 Å². The molecular weight excluding hydrogens is 168 g/mol. The van der Waals surface area contributed by atoms with Crippen LogP contribution in [-0.4, -0.2) is 16.5 Å². The fourth-order valence-corrected chi connectivity index (χ4v) is 1.18. The molecule has 1 aromatic carbocycles. The van der Waals surface area contributed by atoms with Crippen LogP contribution in [-0.2, 0) is 5.60 Å². The van der Waals surface area contributed by atoms with Gasteiger partial charge in [-0.15, -0.1) is 0 Å². The summed E-state index contributed by atoms with van der Waals surface area (Å²) in [4.78, 5) is 10.6. The van der Waals surface area contributed by atoms with Crippen LogP contribution in [0, 0.1) is 0 Å². The fraction of sp³-hybridized carbons (Fsp3) is 0.300. The Hall–Kier alpha value is -1.35. The highest BCUT2D eigenvalue weighted by molar-refractivity contribution is 5.78. The van der Waals surface area contributed by atoms with E-state index in [4.69, 9.17) is 5.11 Å². The number of aromatic hydroxyl groups is 1. The summed E-state index contributed by atoms with van der Waals surface area (Å²) in [6.45, 7) is 3.13. The van der Waals surface area contributed by atoms with Gasteiger partial charge in [0.1, 0.15) is 12.0 Å². The summed E-state index contributed by atoms with van der Waals surface area (Å²) in [5, 5.41) is 18.8. The van der Waals surface area contributed by atoms with Crippen LogP contribution in [0.2, 0.25) is 0 Å². The minimum Gasteiger partial charge on any atom is -0.508 e. The number of benzene rings is 1. The molecule has 0 aliphatic carbocycles. The van der Waals surface area contributed by atoms with E-state index < -0.39 is 5.60 Å². The summed E-state index contributed by atoms with van der Waals surface area (Å²) in [6.07, 6.45) is 0.659. The van der Waals surface area contributed by atoms with E-state index in [-0.39, 0.29) is 5.75 Å². The van der Waals surface area contributed by atoms with Crippen molar-refractivity contribution >= 4 is 6.29 Å². The summed E-state index contributed by atoms with van der Waals surface area (Å²) < 4.78 is 0. The summed E-state index contributed by atoms with van der Waals surface area (Å²) in [5.41, 5.74) is -0.289. The number of hydrogen-bond acceptors (Lipinski definition) is 3. The second-order valence-corrected chi connectivity index (χ2v) is 3.45. The average Bonchev–Trinajstić information content (AvgIpc) is 2.03. The van der Waals surface area contributed by atoms with Crippen molar-refractivity contribution < 1.29 is 15.0 Å². The molecule has 0 amide bonds. The van der Waals surface area contributed by atoms with Gasteiger partial charge in [0.2, 0.25) is 0 Å². The normalized spacial score (nSPS) is 11.3. The number of rotatable bonds is 2. The van der Waals surface area contributed by atoms with Crippen LogP contribution in [0.5, 0.6) is 5.75 Å². The highest BCUT2D eigenvalue weighted by Gasteiger charge is 2.20. The van der Waals surface area contributed by atoms with E-state index in [1.807, 2.05) is 0 Å². The maximum atomic E-state index is 10.6. The smallest absolute Gasteiger partial charge is 0.150 e. The number of carbonyl (C=O) groups is 1. The summed E-state index contributed by atoms with van der Waals surface area (Å²) in [7, 11) is 0. The van der Waals surface area contributed by atoms with E-state index in [9.17, 15) is 9.90 Å². The van der Waals surface area contributed by atoms with Crippen LogP contribution in [0.3, 0.4) is 0 Å². The molecule has 1 rings (SSSR count). The van der Waals surface area contributed by atoms with Gasteiger partial charge < -0.3 is 10.2 Å². The Morgan fingerprint density at radius 2 is 2.00 bits per heavy atom. The Kier molecular flexibility index (Phi) is 2.38. The molecule has 0 aliphatic heterocycles. The van der Waals surface area contributed by atoms with Crippen molar-refractivity contribution in [1.29, 1.82) is 0 Å². The molecule has 0 heterocycles. The van der Waals surface area contributed by atoms with Gasteiger partial charge in [-0.05, 0) is 37.6 Å². The predicted octanol–water partition coefficient (Wildman–Crippen LogP) is 1.43. The monoisotopic (exact) mass is 180 g/mol. The fourth-order valence-electron chi connectivity index (χ4n) is 1.18. The lowest BCUT2D eigenvalue weighted by molar-refractivity contribution is 0.0765. The van der Waals surface area contributed by atoms with E-state index in [0.717, 1.165) is 0 Å². The van der Waals surface area contributed by atoms with Crippen molar-refractivity contribution in [3.8, 4) is 5.75 Å². The van der Waals surface area contributed by atoms with Crippen LogP contribution >= 0.6 is 0 Å². The molecule has 70 valence electrons. The van der Waals surface area contributed by atoms with E-state index in [1.54, 1.807) is 13.8 Å². The molecule has 0 saturated heterocycles. The van der Waals surface area contributed by atoms with E-state index in [0.29, 0.717) is 17.4 Å². The first-order chi connectivity index (χ1) is 5.95. The van der Waals surface area contributed by atoms with E-state index in [2.05, 4.69) is 0 Å². The standard InChI is InChI=1S/C10H12O3/c1-10(2,13)9-5-8(12)4-3-7(9)6-11/h3-6,12-13H,1-2H3. The maximum Gasteiger partial charge on any atom is 0.150 e. The third kappa shape index (κ3) is 2.06. The largest absolute Gasteiger partial charge is 0.508 e. The van der Waals surface area contributed by atoms with Gasteiger partial charge in [0.05, 0.1) is 5.60 Å². The number of carbonyl (C=O) groups excluding carboxylic acids is 1. The topological polar surface area (TPSA) is 57.5 Å². The lowest BCUT2D eigenvalue weighted by atomic mass is 9.93. The molecule has 3 heteroatoms. The lowest BCUT2D eigenvalue weighted by Crippen LogP contribution is -2.17. The molecule has 0 aromatic heterocycles. The summed E-state index contributed by atoms with van der Waals surface area (Å²) >= 11 is 0. The molecule has 0 radical (unpaired) electrons. The number of phenols is 1. The molecule has 0 bridgehead atoms. The molecule has 1 aromatic rings. The SMILES string of the molecule is CC(C)(O)c1cc(O)ccc1C=O. The minimum absolute atomic E-state index is 0.0442. The highest BCUT2D eigenvalue weighted by atomic mass is 16.3. The van der Waals surface area contributed by atoms with E-state index in [1.165, 1.54) is 18.2 Å². The molecule has 13 heavy (non-hydrogen) atoms. The highest BCUT2D eigenvalue weighted by Crippen LogP contribution is 2.26. The molecule has 0 saturated carbocycles. The van der Waals surface area contributed by atoms with Crippen molar-refractivity contribution in [1.82, 2.24) is 0 Å². The third-order valence-electron chi connectivity index (χ3n) is 1.82. The molecule has 0 atom stereocenters. The van der Waals surface area contributed by atoms with Crippen molar-refractivity contribution in [3.63, 3.8) is 0 Å². The van der Waals surface area contributed by atoms with Crippen molar-refractivity contribution in [2.45, 2.75) is 19.4 Å². The Morgan fingerprint density at radius 3 is 2.46 bits per heavy atom. The van der Waals surface area contributed by atoms with Gasteiger partial charge in [0.15, 0.2) is 0 Å². The summed E-state index contributed by atoms with van der Waals surface area (Å²) in [5.74, 6) is 0.0442. The van der Waals surface area contributed by atoms with Crippen LogP contribution in [0.4, 0.5) is 0 Å². The summed E-state index contributed by atoms with van der Waals surface area (Å²) in [6, 6.07) is 4.29. The number of hydrogen-bond donors (Lipinski definition) is 2. The molecule has 0 fully saturated rings. The first kappa shape index (κ1) is 9.74. The quantitative estimate of drug-likeness (QED) is 0.677. The van der Waals surface area contributed by atoms with Crippen molar-refractivity contribution in [3.05, 3.63) is 29.3 Å². The van der Waals surface area contributed by atoms with E-state index >= 15 is 0 Å². The number of aldehydes is 1. The zero-order valence-electron chi connectivity index (χ0n) is 7.61. The third-order valence-corrected chi connectivity index (χ3v) is 1.82. The molecule has 0 spiro atoms. The molecule has 3 nitrogen and oxygen atoms in total. The van der Waals surface area contributed by atoms with Crippen LogP contribution < -0.4 is 0 Å². The predicted molar refractivity (Wildman–Crippen MR) is 48.7 cm³/mol. The Bertz CT molecular complexity index is 323. The van der Waals surface area contributed by atoms with Gasteiger partial charge in [-0.2, -0.15) is 0 Å². The second kappa shape index (κ2) is 3.18. The van der Waals surface area contributed by atoms with Crippen LogP contribution in [0.25, 0.3) is 0 Å². The first-order valence-corrected chi connectivity index (χ1v) is 3.96. The molecule has 0 unspecified atom stereocenters. The van der Waals surface area contributed by atoms with Crippen LogP contribution in [0.1, 0.15) is 29.8 Å². The zero-order valence-corrected chi connectivity index (χ0v) is 7.61. The van der Waals surface area contributed by atoms with Crippen molar-refractivity contribution in [2.75, 3.05) is 0 Å². The molecule has 2 N–H and O–H groups in total. The van der Waals surface area contributed by atoms with Crippen LogP contribution in [0.15, 0.2) is 18.2 Å². The van der Waals surface area contributed by atoms with Crippen molar-refractivity contribution in [2.24, 2.45) is 0 Å². The van der Waals surface area contributed by atoms with Gasteiger partial charge >= 0.3 is 0 Å². The minimum atomic E-state index is -1.12. The Balaban J connectivity index is 3.32. The van der Waals surface area contributed by atoms with Gasteiger partial charge in [-0.3, -0.25) is 4.79 Å². The number of aliphatic hydroxyl groups is 1. The Labute approximate surface area is 76.6 Å². The molecular formula is C10H12O3. The Morgan fingerprint density at radius 1 is 1.38 bits per heavy atom.